The number of nitrogens with two attached hydrogens (primary N) is 1. The summed E-state index contributed by atoms with van der Waals surface area (Å²) in [5.74, 6) is -0.627. The van der Waals surface area contributed by atoms with Crippen molar-refractivity contribution in [3.63, 3.8) is 0 Å². The molecular weight excluding hydrogens is 376 g/mol. The van der Waals surface area contributed by atoms with Crippen LogP contribution in [0, 0.1) is 5.92 Å². The number of carbonyl (C=O) groups is 2. The molecule has 1 aliphatic carbocycles. The average Bonchev–Trinajstić information content (AvgIpc) is 2.71. The van der Waals surface area contributed by atoms with E-state index in [2.05, 4.69) is 5.32 Å². The fraction of sp³-hybridized carbons (Fsp3) is 0.440. The molecule has 30 heavy (non-hydrogen) atoms. The average molecular weight is 409 g/mol. The zero-order valence-electron chi connectivity index (χ0n) is 18.1. The summed E-state index contributed by atoms with van der Waals surface area (Å²) >= 11 is 0. The number of hydrogen-bond acceptors (Lipinski definition) is 4. The Kier molecular flexibility index (Phi) is 6.80. The van der Waals surface area contributed by atoms with Crippen LogP contribution in [-0.4, -0.2) is 23.5 Å². The number of nitrogens with one attached hydrogen (secondary N) is 1. The third kappa shape index (κ3) is 5.62. The van der Waals surface area contributed by atoms with Gasteiger partial charge in [-0.05, 0) is 62.8 Å². The number of carbonyl (C=O) groups excluding carboxylic acids is 2. The maximum absolute atomic E-state index is 13.0. The minimum atomic E-state index is -0.662. The lowest BCUT2D eigenvalue weighted by molar-refractivity contribution is -0.159. The standard InChI is InChI=1S/C25H32N2O3/c1-25(2,3)30-24(29)22(18-12-8-5-9-13-18)27-23(28)20-15-14-19(16-21(20)26)17-10-6-4-7-11-17/h4,6-7,10-11,14-16,18,22H,5,8-9,12-13,26H2,1-3H3,(H,27,28). The van der Waals surface area contributed by atoms with Crippen LogP contribution < -0.4 is 11.1 Å². The summed E-state index contributed by atoms with van der Waals surface area (Å²) in [4.78, 5) is 25.9. The van der Waals surface area contributed by atoms with Crippen molar-refractivity contribution in [2.45, 2.75) is 64.5 Å². The molecule has 2 aromatic rings. The first-order valence-electron chi connectivity index (χ1n) is 10.7. The SMILES string of the molecule is CC(C)(C)OC(=O)C(NC(=O)c1ccc(-c2ccccc2)cc1N)C1CCCCC1. The molecule has 1 saturated carbocycles. The summed E-state index contributed by atoms with van der Waals surface area (Å²) in [5, 5.41) is 2.93. The molecule has 1 atom stereocenters. The van der Waals surface area contributed by atoms with Crippen molar-refractivity contribution >= 4 is 17.6 Å². The number of hydrogen-bond donors (Lipinski definition) is 2. The monoisotopic (exact) mass is 408 g/mol. The van der Waals surface area contributed by atoms with Gasteiger partial charge in [0.05, 0.1) is 5.56 Å². The van der Waals surface area contributed by atoms with Crippen molar-refractivity contribution in [3.05, 3.63) is 54.1 Å². The Hall–Kier alpha value is -2.82. The van der Waals surface area contributed by atoms with E-state index in [-0.39, 0.29) is 17.8 Å². The highest BCUT2D eigenvalue weighted by molar-refractivity contribution is 6.01. The summed E-state index contributed by atoms with van der Waals surface area (Å²) in [6.07, 6.45) is 5.11. The van der Waals surface area contributed by atoms with Gasteiger partial charge in [-0.15, -0.1) is 0 Å². The molecule has 0 aromatic heterocycles. The topological polar surface area (TPSA) is 81.4 Å². The van der Waals surface area contributed by atoms with Crippen LogP contribution in [0.3, 0.4) is 0 Å². The zero-order valence-corrected chi connectivity index (χ0v) is 18.1. The fourth-order valence-electron chi connectivity index (χ4n) is 4.00. The summed E-state index contributed by atoms with van der Waals surface area (Å²) in [6, 6.07) is 14.6. The van der Waals surface area contributed by atoms with Crippen LogP contribution in [0.5, 0.6) is 0 Å². The Morgan fingerprint density at radius 3 is 2.27 bits per heavy atom. The zero-order chi connectivity index (χ0) is 21.7. The van der Waals surface area contributed by atoms with Crippen LogP contribution in [0.25, 0.3) is 11.1 Å². The molecular formula is C25H32N2O3. The number of anilines is 1. The van der Waals surface area contributed by atoms with Crippen LogP contribution in [0.1, 0.15) is 63.2 Å². The van der Waals surface area contributed by atoms with E-state index in [1.54, 1.807) is 12.1 Å². The van der Waals surface area contributed by atoms with Gasteiger partial charge in [-0.25, -0.2) is 4.79 Å². The Labute approximate surface area is 179 Å². The molecule has 0 aliphatic heterocycles. The lowest BCUT2D eigenvalue weighted by Crippen LogP contribution is -2.49. The van der Waals surface area contributed by atoms with E-state index in [4.69, 9.17) is 10.5 Å². The number of nitrogen functional groups attached to an aromatic ring is 1. The van der Waals surface area contributed by atoms with Crippen molar-refractivity contribution in [1.29, 1.82) is 0 Å². The maximum Gasteiger partial charge on any atom is 0.329 e. The highest BCUT2D eigenvalue weighted by atomic mass is 16.6. The van der Waals surface area contributed by atoms with Gasteiger partial charge >= 0.3 is 5.97 Å². The molecule has 1 amide bonds. The highest BCUT2D eigenvalue weighted by Crippen LogP contribution is 2.29. The minimum Gasteiger partial charge on any atom is -0.458 e. The molecule has 0 radical (unpaired) electrons. The normalized spacial score (nSPS) is 16.0. The first-order valence-corrected chi connectivity index (χ1v) is 10.7. The van der Waals surface area contributed by atoms with Crippen molar-refractivity contribution in [3.8, 4) is 11.1 Å². The molecule has 1 aliphatic rings. The summed E-state index contributed by atoms with van der Waals surface area (Å²) in [5.41, 5.74) is 8.35. The molecule has 5 heteroatoms. The van der Waals surface area contributed by atoms with Gasteiger partial charge in [0.1, 0.15) is 11.6 Å². The summed E-state index contributed by atoms with van der Waals surface area (Å²) < 4.78 is 5.61. The number of benzene rings is 2. The summed E-state index contributed by atoms with van der Waals surface area (Å²) in [6.45, 7) is 5.51. The largest absolute Gasteiger partial charge is 0.458 e. The fourth-order valence-corrected chi connectivity index (χ4v) is 4.00. The van der Waals surface area contributed by atoms with Crippen LogP contribution in [0.15, 0.2) is 48.5 Å². The quantitative estimate of drug-likeness (QED) is 0.541. The molecule has 0 spiro atoms. The second kappa shape index (κ2) is 9.33. The predicted molar refractivity (Wildman–Crippen MR) is 120 cm³/mol. The van der Waals surface area contributed by atoms with E-state index in [0.717, 1.165) is 36.8 Å². The lowest BCUT2D eigenvalue weighted by atomic mass is 9.83. The Bertz CT molecular complexity index is 881. The van der Waals surface area contributed by atoms with Gasteiger partial charge in [0.2, 0.25) is 0 Å². The Morgan fingerprint density at radius 2 is 1.67 bits per heavy atom. The van der Waals surface area contributed by atoms with E-state index in [0.29, 0.717) is 11.3 Å². The number of amides is 1. The second-order valence-electron chi connectivity index (χ2n) is 9.05. The van der Waals surface area contributed by atoms with Gasteiger partial charge in [0.25, 0.3) is 5.91 Å². The van der Waals surface area contributed by atoms with Gasteiger partial charge in [-0.2, -0.15) is 0 Å². The molecule has 1 fully saturated rings. The Morgan fingerprint density at radius 1 is 1.00 bits per heavy atom. The van der Waals surface area contributed by atoms with Gasteiger partial charge < -0.3 is 15.8 Å². The minimum absolute atomic E-state index is 0.0855. The van der Waals surface area contributed by atoms with Gasteiger partial charge in [-0.1, -0.05) is 55.7 Å². The van der Waals surface area contributed by atoms with Gasteiger partial charge in [0.15, 0.2) is 0 Å². The third-order valence-corrected chi connectivity index (χ3v) is 5.47. The van der Waals surface area contributed by atoms with Gasteiger partial charge in [-0.3, -0.25) is 4.79 Å². The van der Waals surface area contributed by atoms with Crippen molar-refractivity contribution in [2.24, 2.45) is 5.92 Å². The van der Waals surface area contributed by atoms with Crippen LogP contribution in [0.2, 0.25) is 0 Å². The Balaban J connectivity index is 1.80. The van der Waals surface area contributed by atoms with E-state index >= 15 is 0 Å². The summed E-state index contributed by atoms with van der Waals surface area (Å²) in [7, 11) is 0. The van der Waals surface area contributed by atoms with Crippen LogP contribution in [0.4, 0.5) is 5.69 Å². The maximum atomic E-state index is 13.0. The number of ether oxygens (including phenoxy) is 1. The van der Waals surface area contributed by atoms with E-state index in [1.807, 2.05) is 57.2 Å². The smallest absolute Gasteiger partial charge is 0.329 e. The van der Waals surface area contributed by atoms with Gasteiger partial charge in [0, 0.05) is 5.69 Å². The number of rotatable bonds is 5. The first kappa shape index (κ1) is 21.9. The van der Waals surface area contributed by atoms with Crippen LogP contribution in [-0.2, 0) is 9.53 Å². The van der Waals surface area contributed by atoms with Crippen molar-refractivity contribution < 1.29 is 14.3 Å². The molecule has 1 unspecified atom stereocenters. The third-order valence-electron chi connectivity index (χ3n) is 5.47. The van der Waals surface area contributed by atoms with E-state index in [1.165, 1.54) is 6.42 Å². The molecule has 0 heterocycles. The molecule has 3 rings (SSSR count). The predicted octanol–water partition coefficient (Wildman–Crippen LogP) is 4.96. The molecule has 0 saturated heterocycles. The van der Waals surface area contributed by atoms with E-state index < -0.39 is 11.6 Å². The van der Waals surface area contributed by atoms with Crippen molar-refractivity contribution in [2.75, 3.05) is 5.73 Å². The molecule has 160 valence electrons. The van der Waals surface area contributed by atoms with Crippen LogP contribution >= 0.6 is 0 Å². The molecule has 2 aromatic carbocycles. The van der Waals surface area contributed by atoms with E-state index in [9.17, 15) is 9.59 Å². The highest BCUT2D eigenvalue weighted by Gasteiger charge is 2.34. The molecule has 3 N–H and O–H groups in total. The molecule has 0 bridgehead atoms. The first-order chi connectivity index (χ1) is 14.2. The second-order valence-corrected chi connectivity index (χ2v) is 9.05. The van der Waals surface area contributed by atoms with Crippen molar-refractivity contribution in [1.82, 2.24) is 5.32 Å². The lowest BCUT2D eigenvalue weighted by Gasteiger charge is -2.32. The molecule has 5 nitrogen and oxygen atoms in total. The number of esters is 1.